The highest BCUT2D eigenvalue weighted by Gasteiger charge is 2.54. The van der Waals surface area contributed by atoms with Crippen LogP contribution < -0.4 is 11.1 Å². The molecule has 3 atom stereocenters. The summed E-state index contributed by atoms with van der Waals surface area (Å²) >= 11 is 0. The molecule has 1 saturated heterocycles. The summed E-state index contributed by atoms with van der Waals surface area (Å²) in [5.41, 5.74) is 6.09. The first-order valence-corrected chi connectivity index (χ1v) is 8.35. The second-order valence-corrected chi connectivity index (χ2v) is 6.31. The van der Waals surface area contributed by atoms with Gasteiger partial charge in [0.15, 0.2) is 0 Å². The highest BCUT2D eigenvalue weighted by Crippen LogP contribution is 2.37. The topological polar surface area (TPSA) is 139 Å². The van der Waals surface area contributed by atoms with Crippen molar-refractivity contribution in [3.63, 3.8) is 0 Å². The van der Waals surface area contributed by atoms with Crippen LogP contribution in [0.5, 0.6) is 0 Å². The molecular weight excluding hydrogens is 354 g/mol. The Morgan fingerprint density at radius 3 is 2.56 bits per heavy atom. The second kappa shape index (κ2) is 7.20. The standard InChI is InChI=1S/C18H19N3O6/c1-27-18(26)10-7-8-11-13(16(23)21(11)14(10)17(24)25)20-15(22)12(19)9-5-3-2-4-6-9/h2-6,11-13H,7-8,19H2,1H3,(H,20,22)(H,24,25)/t11-,12?,13-/m0/s1. The quantitative estimate of drug-likeness (QED) is 0.475. The number of ether oxygens (including phenoxy) is 1. The molecule has 0 radical (unpaired) electrons. The molecule has 142 valence electrons. The lowest BCUT2D eigenvalue weighted by Crippen LogP contribution is -2.72. The molecule has 2 amide bonds. The molecule has 1 aromatic carbocycles. The van der Waals surface area contributed by atoms with Gasteiger partial charge in [0.25, 0.3) is 5.91 Å². The number of carbonyl (C=O) groups is 4. The van der Waals surface area contributed by atoms with Crippen molar-refractivity contribution in [3.05, 3.63) is 47.2 Å². The largest absolute Gasteiger partial charge is 0.477 e. The maximum Gasteiger partial charge on any atom is 0.353 e. The van der Waals surface area contributed by atoms with Crippen molar-refractivity contribution in [2.24, 2.45) is 5.73 Å². The third kappa shape index (κ3) is 3.17. The van der Waals surface area contributed by atoms with Crippen LogP contribution in [-0.4, -0.2) is 53.0 Å². The molecule has 1 aromatic rings. The number of methoxy groups -OCH3 is 1. The number of hydrogen-bond donors (Lipinski definition) is 3. The first-order valence-electron chi connectivity index (χ1n) is 8.35. The highest BCUT2D eigenvalue weighted by molar-refractivity contribution is 6.06. The van der Waals surface area contributed by atoms with Crippen LogP contribution in [-0.2, 0) is 23.9 Å². The highest BCUT2D eigenvalue weighted by atomic mass is 16.5. The maximum atomic E-state index is 12.5. The molecule has 0 bridgehead atoms. The third-order valence-electron chi connectivity index (χ3n) is 4.81. The van der Waals surface area contributed by atoms with Gasteiger partial charge in [-0.25, -0.2) is 9.59 Å². The van der Waals surface area contributed by atoms with Crippen molar-refractivity contribution in [2.75, 3.05) is 7.11 Å². The molecule has 0 aromatic heterocycles. The average Bonchev–Trinajstić information content (AvgIpc) is 2.69. The number of esters is 1. The molecule has 27 heavy (non-hydrogen) atoms. The lowest BCUT2D eigenvalue weighted by atomic mass is 9.83. The van der Waals surface area contributed by atoms with E-state index in [1.54, 1.807) is 30.3 Å². The Bertz CT molecular complexity index is 835. The predicted molar refractivity (Wildman–Crippen MR) is 91.8 cm³/mol. The Morgan fingerprint density at radius 2 is 1.96 bits per heavy atom. The number of nitrogens with two attached hydrogens (primary N) is 1. The first-order chi connectivity index (χ1) is 12.9. The van der Waals surface area contributed by atoms with Crippen molar-refractivity contribution < 1.29 is 29.0 Å². The van der Waals surface area contributed by atoms with E-state index >= 15 is 0 Å². The van der Waals surface area contributed by atoms with Gasteiger partial charge in [-0.15, -0.1) is 0 Å². The monoisotopic (exact) mass is 373 g/mol. The fourth-order valence-electron chi connectivity index (χ4n) is 3.44. The van der Waals surface area contributed by atoms with E-state index in [0.717, 1.165) is 12.0 Å². The average molecular weight is 373 g/mol. The molecule has 1 unspecified atom stereocenters. The Kier molecular flexibility index (Phi) is 4.95. The molecule has 1 fully saturated rings. The summed E-state index contributed by atoms with van der Waals surface area (Å²) in [6.07, 6.45) is 0.471. The molecule has 0 saturated carbocycles. The van der Waals surface area contributed by atoms with Crippen molar-refractivity contribution >= 4 is 23.8 Å². The summed E-state index contributed by atoms with van der Waals surface area (Å²) in [4.78, 5) is 49.3. The lowest BCUT2D eigenvalue weighted by molar-refractivity contribution is -0.157. The van der Waals surface area contributed by atoms with Gasteiger partial charge in [0.2, 0.25) is 5.91 Å². The van der Waals surface area contributed by atoms with Crippen LogP contribution in [0.1, 0.15) is 24.4 Å². The number of carbonyl (C=O) groups excluding carboxylic acids is 3. The zero-order valence-corrected chi connectivity index (χ0v) is 14.5. The van der Waals surface area contributed by atoms with Crippen molar-refractivity contribution in [1.82, 2.24) is 10.2 Å². The first kappa shape index (κ1) is 18.6. The molecule has 2 aliphatic heterocycles. The van der Waals surface area contributed by atoms with Crippen LogP contribution in [0, 0.1) is 0 Å². The SMILES string of the molecule is COC(=O)C1=C(C(=O)O)N2C(=O)[C@@H](NC(=O)C(N)c3ccccc3)[C@@H]2CC1. The maximum absolute atomic E-state index is 12.5. The molecule has 3 rings (SSSR count). The second-order valence-electron chi connectivity index (χ2n) is 6.31. The van der Waals surface area contributed by atoms with Crippen LogP contribution in [0.2, 0.25) is 0 Å². The van der Waals surface area contributed by atoms with Crippen molar-refractivity contribution in [3.8, 4) is 0 Å². The Morgan fingerprint density at radius 1 is 1.30 bits per heavy atom. The van der Waals surface area contributed by atoms with Gasteiger partial charge >= 0.3 is 11.9 Å². The van der Waals surface area contributed by atoms with Crippen LogP contribution in [0.4, 0.5) is 0 Å². The number of carboxylic acids is 1. The molecule has 2 aliphatic rings. The van der Waals surface area contributed by atoms with Crippen molar-refractivity contribution in [1.29, 1.82) is 0 Å². The van der Waals surface area contributed by atoms with E-state index in [1.807, 2.05) is 0 Å². The molecule has 2 heterocycles. The van der Waals surface area contributed by atoms with Gasteiger partial charge in [-0.2, -0.15) is 0 Å². The Labute approximate surface area is 154 Å². The number of amides is 2. The van der Waals surface area contributed by atoms with E-state index < -0.39 is 41.9 Å². The number of fused-ring (bicyclic) bond motifs is 1. The van der Waals surface area contributed by atoms with Gasteiger partial charge in [0.05, 0.1) is 18.7 Å². The molecule has 9 heteroatoms. The van der Waals surface area contributed by atoms with Gasteiger partial charge in [-0.3, -0.25) is 14.5 Å². The number of β-lactam (4-membered cyclic amide) rings is 1. The number of rotatable bonds is 5. The fraction of sp³-hybridized carbons (Fsp3) is 0.333. The molecule has 9 nitrogen and oxygen atoms in total. The zero-order chi connectivity index (χ0) is 19.7. The number of benzene rings is 1. The van der Waals surface area contributed by atoms with Gasteiger partial charge in [-0.05, 0) is 18.4 Å². The summed E-state index contributed by atoms with van der Waals surface area (Å²) in [7, 11) is 1.15. The minimum Gasteiger partial charge on any atom is -0.477 e. The summed E-state index contributed by atoms with van der Waals surface area (Å²) in [5, 5.41) is 12.0. The summed E-state index contributed by atoms with van der Waals surface area (Å²) < 4.78 is 4.60. The molecule has 0 aliphatic carbocycles. The van der Waals surface area contributed by atoms with E-state index in [-0.39, 0.29) is 17.7 Å². The lowest BCUT2D eigenvalue weighted by Gasteiger charge is -2.50. The van der Waals surface area contributed by atoms with E-state index in [4.69, 9.17) is 5.73 Å². The van der Waals surface area contributed by atoms with Crippen LogP contribution in [0.25, 0.3) is 0 Å². The molecular formula is C18H19N3O6. The van der Waals surface area contributed by atoms with E-state index in [9.17, 15) is 24.3 Å². The van der Waals surface area contributed by atoms with Crippen LogP contribution in [0.3, 0.4) is 0 Å². The number of aliphatic carboxylic acids is 1. The Hall–Kier alpha value is -3.20. The molecule has 0 spiro atoms. The van der Waals surface area contributed by atoms with Crippen LogP contribution in [0.15, 0.2) is 41.6 Å². The number of carboxylic acid groups (broad SMARTS) is 1. The normalized spacial score (nSPS) is 22.4. The van der Waals surface area contributed by atoms with Crippen LogP contribution >= 0.6 is 0 Å². The molecule has 4 N–H and O–H groups in total. The minimum absolute atomic E-state index is 0.0552. The van der Waals surface area contributed by atoms with Gasteiger partial charge in [0, 0.05) is 0 Å². The van der Waals surface area contributed by atoms with Gasteiger partial charge in [-0.1, -0.05) is 30.3 Å². The summed E-state index contributed by atoms with van der Waals surface area (Å²) in [6, 6.07) is 6.33. The van der Waals surface area contributed by atoms with E-state index in [0.29, 0.717) is 12.0 Å². The summed E-state index contributed by atoms with van der Waals surface area (Å²) in [6.45, 7) is 0. The van der Waals surface area contributed by atoms with Gasteiger partial charge in [0.1, 0.15) is 17.8 Å². The van der Waals surface area contributed by atoms with E-state index in [2.05, 4.69) is 10.1 Å². The smallest absolute Gasteiger partial charge is 0.353 e. The summed E-state index contributed by atoms with van der Waals surface area (Å²) in [5.74, 6) is -3.29. The van der Waals surface area contributed by atoms with Gasteiger partial charge < -0.3 is 20.9 Å². The fourth-order valence-corrected chi connectivity index (χ4v) is 3.44. The number of nitrogens with one attached hydrogen (secondary N) is 1. The minimum atomic E-state index is -1.39. The van der Waals surface area contributed by atoms with Crippen molar-refractivity contribution in [2.45, 2.75) is 31.0 Å². The third-order valence-corrected chi connectivity index (χ3v) is 4.81. The Balaban J connectivity index is 1.76. The number of nitrogens with zero attached hydrogens (tertiary/aromatic N) is 1. The number of hydrogen-bond acceptors (Lipinski definition) is 6. The van der Waals surface area contributed by atoms with E-state index in [1.165, 1.54) is 0 Å². The predicted octanol–water partition coefficient (Wildman–Crippen LogP) is -0.312. The zero-order valence-electron chi connectivity index (χ0n) is 14.5.